The Labute approximate surface area is 221 Å². The molecule has 0 bridgehead atoms. The fourth-order valence-corrected chi connectivity index (χ4v) is 4.78. The summed E-state index contributed by atoms with van der Waals surface area (Å²) in [4.78, 5) is 30.4. The van der Waals surface area contributed by atoms with Gasteiger partial charge in [0.1, 0.15) is 12.4 Å². The third-order valence-electron chi connectivity index (χ3n) is 7.08. The van der Waals surface area contributed by atoms with E-state index >= 15 is 0 Å². The summed E-state index contributed by atoms with van der Waals surface area (Å²) in [6, 6.07) is 13.1. The maximum Gasteiger partial charge on any atom is 0.257 e. The van der Waals surface area contributed by atoms with Crippen LogP contribution in [0.1, 0.15) is 61.9 Å². The van der Waals surface area contributed by atoms with E-state index in [1.807, 2.05) is 54.4 Å². The standard InChI is InChI=1S/C30H42N2O5/c1-22(2)25-21-37-26-13-9-8-12-24(26)30(34)31(3)18-10-6-7-11-19-32(25)29(33)17-15-23-14-16-27(35-4)28(20-23)36-5/h8-9,12-14,16,20,22,25H,6-7,10-11,15,17-19,21H2,1-5H3/t25-/m1/s1. The van der Waals surface area contributed by atoms with Gasteiger partial charge >= 0.3 is 0 Å². The van der Waals surface area contributed by atoms with Crippen LogP contribution in [0.15, 0.2) is 42.5 Å². The van der Waals surface area contributed by atoms with Crippen LogP contribution in [-0.2, 0) is 11.2 Å². The zero-order valence-corrected chi connectivity index (χ0v) is 23.0. The lowest BCUT2D eigenvalue weighted by atomic mass is 10.0. The van der Waals surface area contributed by atoms with Crippen LogP contribution >= 0.6 is 0 Å². The molecule has 0 saturated heterocycles. The first-order chi connectivity index (χ1) is 17.8. The van der Waals surface area contributed by atoms with Crippen LogP contribution < -0.4 is 14.2 Å². The summed E-state index contributed by atoms with van der Waals surface area (Å²) in [7, 11) is 5.08. The van der Waals surface area contributed by atoms with Crippen molar-refractivity contribution in [1.82, 2.24) is 9.80 Å². The zero-order chi connectivity index (χ0) is 26.8. The van der Waals surface area contributed by atoms with Crippen LogP contribution in [0.5, 0.6) is 17.2 Å². The first-order valence-electron chi connectivity index (χ1n) is 13.3. The Morgan fingerprint density at radius 3 is 2.41 bits per heavy atom. The van der Waals surface area contributed by atoms with Gasteiger partial charge in [0.25, 0.3) is 5.91 Å². The number of aryl methyl sites for hydroxylation is 1. The summed E-state index contributed by atoms with van der Waals surface area (Å²) in [6.45, 7) is 5.99. The molecule has 2 amide bonds. The molecule has 0 fully saturated rings. The zero-order valence-electron chi connectivity index (χ0n) is 23.0. The average Bonchev–Trinajstić information content (AvgIpc) is 2.91. The molecule has 1 aliphatic rings. The summed E-state index contributed by atoms with van der Waals surface area (Å²) in [5.74, 6) is 2.19. The van der Waals surface area contributed by atoms with E-state index in [9.17, 15) is 9.59 Å². The highest BCUT2D eigenvalue weighted by atomic mass is 16.5. The Balaban J connectivity index is 1.79. The maximum absolute atomic E-state index is 13.6. The minimum absolute atomic E-state index is 0.0309. The van der Waals surface area contributed by atoms with Crippen LogP contribution in [0.4, 0.5) is 0 Å². The molecule has 1 heterocycles. The van der Waals surface area contributed by atoms with Gasteiger partial charge in [-0.3, -0.25) is 9.59 Å². The first-order valence-corrected chi connectivity index (χ1v) is 13.3. The molecule has 0 aromatic heterocycles. The number of nitrogens with zero attached hydrogens (tertiary/aromatic N) is 2. The van der Waals surface area contributed by atoms with Gasteiger partial charge in [-0.15, -0.1) is 0 Å². The van der Waals surface area contributed by atoms with E-state index in [2.05, 4.69) is 13.8 Å². The van der Waals surface area contributed by atoms with Crippen LogP contribution in [0.2, 0.25) is 0 Å². The molecule has 3 rings (SSSR count). The Morgan fingerprint density at radius 1 is 1.00 bits per heavy atom. The second-order valence-corrected chi connectivity index (χ2v) is 10.0. The second kappa shape index (κ2) is 13.9. The summed E-state index contributed by atoms with van der Waals surface area (Å²) in [5.41, 5.74) is 1.60. The molecular weight excluding hydrogens is 468 g/mol. The van der Waals surface area contributed by atoms with E-state index in [-0.39, 0.29) is 23.8 Å². The lowest BCUT2D eigenvalue weighted by Crippen LogP contribution is -2.47. The number of carbonyl (C=O) groups is 2. The molecule has 1 atom stereocenters. The molecule has 7 heteroatoms. The van der Waals surface area contributed by atoms with Gasteiger partial charge in [0, 0.05) is 26.6 Å². The molecule has 7 nitrogen and oxygen atoms in total. The molecule has 0 saturated carbocycles. The molecule has 0 aliphatic carbocycles. The Hall–Kier alpha value is -3.22. The molecule has 37 heavy (non-hydrogen) atoms. The third-order valence-corrected chi connectivity index (χ3v) is 7.08. The maximum atomic E-state index is 13.6. The van der Waals surface area contributed by atoms with Crippen molar-refractivity contribution < 1.29 is 23.8 Å². The first kappa shape index (κ1) is 28.4. The molecular formula is C30H42N2O5. The predicted octanol–water partition coefficient (Wildman–Crippen LogP) is 5.21. The quantitative estimate of drug-likeness (QED) is 0.533. The topological polar surface area (TPSA) is 68.3 Å². The van der Waals surface area contributed by atoms with Gasteiger partial charge in [-0.25, -0.2) is 0 Å². The number of para-hydroxylation sites is 1. The number of hydrogen-bond donors (Lipinski definition) is 0. The number of amides is 2. The van der Waals surface area contributed by atoms with Gasteiger partial charge in [0.2, 0.25) is 5.91 Å². The van der Waals surface area contributed by atoms with Gasteiger partial charge < -0.3 is 24.0 Å². The van der Waals surface area contributed by atoms with Crippen molar-refractivity contribution in [1.29, 1.82) is 0 Å². The molecule has 0 radical (unpaired) electrons. The largest absolute Gasteiger partial charge is 0.493 e. The summed E-state index contributed by atoms with van der Waals surface area (Å²) >= 11 is 0. The minimum atomic E-state index is -0.0956. The molecule has 2 aromatic rings. The summed E-state index contributed by atoms with van der Waals surface area (Å²) in [6.07, 6.45) is 4.93. The van der Waals surface area contributed by atoms with E-state index in [4.69, 9.17) is 14.2 Å². The minimum Gasteiger partial charge on any atom is -0.493 e. The fraction of sp³-hybridized carbons (Fsp3) is 0.533. The molecule has 2 aromatic carbocycles. The number of methoxy groups -OCH3 is 2. The predicted molar refractivity (Wildman–Crippen MR) is 146 cm³/mol. The number of hydrogen-bond acceptors (Lipinski definition) is 5. The number of carbonyl (C=O) groups excluding carboxylic acids is 2. The third kappa shape index (κ3) is 7.63. The lowest BCUT2D eigenvalue weighted by Gasteiger charge is -2.35. The monoisotopic (exact) mass is 510 g/mol. The normalized spacial score (nSPS) is 17.6. The van der Waals surface area contributed by atoms with Crippen molar-refractivity contribution in [3.63, 3.8) is 0 Å². The van der Waals surface area contributed by atoms with Crippen LogP contribution in [0.3, 0.4) is 0 Å². The van der Waals surface area contributed by atoms with E-state index in [1.54, 1.807) is 19.1 Å². The molecule has 0 N–H and O–H groups in total. The number of rotatable bonds is 6. The SMILES string of the molecule is COc1ccc(CCC(=O)N2CCCCCCN(C)C(=O)c3ccccc3OC[C@@H]2C(C)C)cc1OC. The highest BCUT2D eigenvalue weighted by Crippen LogP contribution is 2.28. The van der Waals surface area contributed by atoms with Gasteiger partial charge in [0.15, 0.2) is 11.5 Å². The Morgan fingerprint density at radius 2 is 1.70 bits per heavy atom. The second-order valence-electron chi connectivity index (χ2n) is 10.0. The van der Waals surface area contributed by atoms with Gasteiger partial charge in [-0.05, 0) is 55.0 Å². The van der Waals surface area contributed by atoms with E-state index in [0.717, 1.165) is 31.2 Å². The lowest BCUT2D eigenvalue weighted by molar-refractivity contribution is -0.135. The Kier molecular flexibility index (Phi) is 10.7. The van der Waals surface area contributed by atoms with Crippen molar-refractivity contribution in [3.8, 4) is 17.2 Å². The van der Waals surface area contributed by atoms with Crippen molar-refractivity contribution >= 4 is 11.8 Å². The number of ether oxygens (including phenoxy) is 3. The molecule has 202 valence electrons. The van der Waals surface area contributed by atoms with Gasteiger partial charge in [-0.2, -0.15) is 0 Å². The highest BCUT2D eigenvalue weighted by Gasteiger charge is 2.28. The fourth-order valence-electron chi connectivity index (χ4n) is 4.78. The van der Waals surface area contributed by atoms with Crippen molar-refractivity contribution in [3.05, 3.63) is 53.6 Å². The van der Waals surface area contributed by atoms with E-state index < -0.39 is 0 Å². The van der Waals surface area contributed by atoms with Gasteiger partial charge in [0.05, 0.1) is 25.8 Å². The van der Waals surface area contributed by atoms with Crippen LogP contribution in [0.25, 0.3) is 0 Å². The highest BCUT2D eigenvalue weighted by molar-refractivity contribution is 5.96. The smallest absolute Gasteiger partial charge is 0.257 e. The number of fused-ring (bicyclic) bond motifs is 1. The van der Waals surface area contributed by atoms with Crippen LogP contribution in [-0.4, -0.2) is 68.6 Å². The van der Waals surface area contributed by atoms with E-state index in [0.29, 0.717) is 55.4 Å². The molecule has 1 aliphatic heterocycles. The van der Waals surface area contributed by atoms with Crippen LogP contribution in [0, 0.1) is 5.92 Å². The van der Waals surface area contributed by atoms with Crippen molar-refractivity contribution in [2.45, 2.75) is 58.4 Å². The van der Waals surface area contributed by atoms with Crippen molar-refractivity contribution in [2.75, 3.05) is 41.0 Å². The van der Waals surface area contributed by atoms with Crippen molar-refractivity contribution in [2.24, 2.45) is 5.92 Å². The molecule has 0 spiro atoms. The van der Waals surface area contributed by atoms with E-state index in [1.165, 1.54) is 0 Å². The summed E-state index contributed by atoms with van der Waals surface area (Å²) < 4.78 is 17.0. The summed E-state index contributed by atoms with van der Waals surface area (Å²) in [5, 5.41) is 0. The molecule has 0 unspecified atom stereocenters. The van der Waals surface area contributed by atoms with Gasteiger partial charge in [-0.1, -0.05) is 44.9 Å². The Bertz CT molecular complexity index is 1040. The number of benzene rings is 2. The average molecular weight is 511 g/mol.